The molecule has 0 radical (unpaired) electrons. The molecule has 0 aromatic heterocycles. The summed E-state index contributed by atoms with van der Waals surface area (Å²) in [5.41, 5.74) is 3.74. The van der Waals surface area contributed by atoms with Gasteiger partial charge in [-0.1, -0.05) is 61.8 Å². The highest BCUT2D eigenvalue weighted by molar-refractivity contribution is 6.31. The Morgan fingerprint density at radius 1 is 1.08 bits per heavy atom. The molecule has 9 nitrogen and oxygen atoms in total. The van der Waals surface area contributed by atoms with Crippen molar-refractivity contribution in [1.29, 1.82) is 0 Å². The lowest BCUT2D eigenvalue weighted by Gasteiger charge is -2.20. The number of hydrogen-bond donors (Lipinski definition) is 2. The summed E-state index contributed by atoms with van der Waals surface area (Å²) in [6.07, 6.45) is 1.28. The molecule has 0 aliphatic carbocycles. The highest BCUT2D eigenvalue weighted by Gasteiger charge is 2.24. The molecule has 1 atom stereocenters. The van der Waals surface area contributed by atoms with Gasteiger partial charge in [0.15, 0.2) is 5.75 Å². The second-order valence-electron chi connectivity index (χ2n) is 8.20. The van der Waals surface area contributed by atoms with Crippen molar-refractivity contribution in [1.82, 2.24) is 10.7 Å². The number of nitro benzene ring substituents is 1. The van der Waals surface area contributed by atoms with Crippen LogP contribution in [0.2, 0.25) is 5.02 Å². The zero-order valence-corrected chi connectivity index (χ0v) is 20.4. The van der Waals surface area contributed by atoms with Crippen LogP contribution < -0.4 is 15.5 Å². The monoisotopic (exact) mass is 508 g/mol. The predicted octanol–water partition coefficient (Wildman–Crippen LogP) is 4.73. The van der Waals surface area contributed by atoms with Crippen molar-refractivity contribution >= 4 is 35.3 Å². The molecule has 0 aliphatic rings. The standard InChI is InChI=1S/C26H25ClN4O5/c1-17(2)24(29-25(32)20-9-6-10-21(27)14-20)26(33)30-28-15-19-11-12-23(22(13-19)31(34)35)36-16-18-7-4-3-5-8-18/h3-15,17,24H,16H2,1-2H3,(H,29,32)(H,30,33). The summed E-state index contributed by atoms with van der Waals surface area (Å²) in [6, 6.07) is 19.2. The van der Waals surface area contributed by atoms with Crippen LogP contribution in [0, 0.1) is 16.0 Å². The molecule has 0 fully saturated rings. The SMILES string of the molecule is CC(C)C(NC(=O)c1cccc(Cl)c1)C(=O)NN=Cc1ccc(OCc2ccccc2)c([N+](=O)[O-])c1. The lowest BCUT2D eigenvalue weighted by atomic mass is 10.0. The van der Waals surface area contributed by atoms with Crippen molar-refractivity contribution in [3.05, 3.63) is 105 Å². The maximum absolute atomic E-state index is 12.7. The van der Waals surface area contributed by atoms with E-state index in [0.29, 0.717) is 16.1 Å². The lowest BCUT2D eigenvalue weighted by Crippen LogP contribution is -2.48. The maximum atomic E-state index is 12.7. The predicted molar refractivity (Wildman–Crippen MR) is 137 cm³/mol. The fourth-order valence-corrected chi connectivity index (χ4v) is 3.43. The van der Waals surface area contributed by atoms with Crippen LogP contribution in [0.5, 0.6) is 5.75 Å². The smallest absolute Gasteiger partial charge is 0.311 e. The van der Waals surface area contributed by atoms with Crippen molar-refractivity contribution in [2.24, 2.45) is 11.0 Å². The van der Waals surface area contributed by atoms with Gasteiger partial charge in [-0.05, 0) is 41.8 Å². The molecule has 186 valence electrons. The first-order valence-corrected chi connectivity index (χ1v) is 11.5. The Morgan fingerprint density at radius 2 is 1.83 bits per heavy atom. The number of rotatable bonds is 10. The Bertz CT molecular complexity index is 1260. The molecule has 0 aliphatic heterocycles. The summed E-state index contributed by atoms with van der Waals surface area (Å²) in [5.74, 6) is -1.09. The van der Waals surface area contributed by atoms with Gasteiger partial charge in [-0.3, -0.25) is 19.7 Å². The number of carbonyl (C=O) groups excluding carboxylic acids is 2. The number of nitrogens with one attached hydrogen (secondary N) is 2. The number of carbonyl (C=O) groups is 2. The molecule has 0 heterocycles. The number of hydrogen-bond acceptors (Lipinski definition) is 6. The molecule has 10 heteroatoms. The van der Waals surface area contributed by atoms with Crippen molar-refractivity contribution in [2.45, 2.75) is 26.5 Å². The van der Waals surface area contributed by atoms with E-state index in [2.05, 4.69) is 15.8 Å². The zero-order chi connectivity index (χ0) is 26.1. The molecule has 36 heavy (non-hydrogen) atoms. The topological polar surface area (TPSA) is 123 Å². The molecule has 1 unspecified atom stereocenters. The first-order valence-electron chi connectivity index (χ1n) is 11.1. The molecular weight excluding hydrogens is 484 g/mol. The molecule has 3 aromatic carbocycles. The Labute approximate surface area is 213 Å². The van der Waals surface area contributed by atoms with Crippen molar-refractivity contribution in [3.63, 3.8) is 0 Å². The van der Waals surface area contributed by atoms with Crippen LogP contribution in [0.1, 0.15) is 35.3 Å². The van der Waals surface area contributed by atoms with Crippen LogP contribution in [-0.2, 0) is 11.4 Å². The van der Waals surface area contributed by atoms with Crippen molar-refractivity contribution < 1.29 is 19.2 Å². The van der Waals surface area contributed by atoms with Gasteiger partial charge < -0.3 is 10.1 Å². The first kappa shape index (κ1) is 26.4. The van der Waals surface area contributed by atoms with Gasteiger partial charge in [0.2, 0.25) is 0 Å². The zero-order valence-electron chi connectivity index (χ0n) is 19.7. The second-order valence-corrected chi connectivity index (χ2v) is 8.63. The summed E-state index contributed by atoms with van der Waals surface area (Å²) < 4.78 is 5.62. The summed E-state index contributed by atoms with van der Waals surface area (Å²) in [5, 5.41) is 18.5. The van der Waals surface area contributed by atoms with E-state index in [1.165, 1.54) is 24.4 Å². The summed E-state index contributed by atoms with van der Waals surface area (Å²) >= 11 is 5.93. The molecule has 0 spiro atoms. The number of benzene rings is 3. The molecule has 0 saturated heterocycles. The number of ether oxygens (including phenoxy) is 1. The van der Waals surface area contributed by atoms with E-state index in [1.807, 2.05) is 30.3 Å². The van der Waals surface area contributed by atoms with Crippen molar-refractivity contribution in [2.75, 3.05) is 0 Å². The Kier molecular flexibility index (Phi) is 9.13. The minimum Gasteiger partial charge on any atom is -0.482 e. The Hall–Kier alpha value is -4.24. The summed E-state index contributed by atoms with van der Waals surface area (Å²) in [7, 11) is 0. The molecule has 2 N–H and O–H groups in total. The van der Waals surface area contributed by atoms with E-state index in [9.17, 15) is 19.7 Å². The van der Waals surface area contributed by atoms with E-state index in [0.717, 1.165) is 5.56 Å². The highest BCUT2D eigenvalue weighted by Crippen LogP contribution is 2.28. The molecule has 0 bridgehead atoms. The van der Waals surface area contributed by atoms with Gasteiger partial charge in [-0.2, -0.15) is 5.10 Å². The minimum absolute atomic E-state index is 0.119. The molecular formula is C26H25ClN4O5. The van der Waals surface area contributed by atoms with Gasteiger partial charge >= 0.3 is 5.69 Å². The molecule has 2 amide bonds. The van der Waals surface area contributed by atoms with Crippen LogP contribution in [0.15, 0.2) is 77.9 Å². The third-order valence-corrected chi connectivity index (χ3v) is 5.36. The van der Waals surface area contributed by atoms with Crippen LogP contribution in [0.3, 0.4) is 0 Å². The van der Waals surface area contributed by atoms with E-state index in [-0.39, 0.29) is 24.0 Å². The van der Waals surface area contributed by atoms with Crippen LogP contribution in [0.4, 0.5) is 5.69 Å². The van der Waals surface area contributed by atoms with Crippen molar-refractivity contribution in [3.8, 4) is 5.75 Å². The fraction of sp³-hybridized carbons (Fsp3) is 0.192. The quantitative estimate of drug-likeness (QED) is 0.233. The number of hydrazone groups is 1. The number of nitro groups is 1. The maximum Gasteiger partial charge on any atom is 0.311 e. The van der Waals surface area contributed by atoms with E-state index in [1.54, 1.807) is 38.1 Å². The van der Waals surface area contributed by atoms with E-state index >= 15 is 0 Å². The Morgan fingerprint density at radius 3 is 2.50 bits per heavy atom. The first-order chi connectivity index (χ1) is 17.2. The van der Waals surface area contributed by atoms with Gasteiger partial charge in [0.1, 0.15) is 12.6 Å². The minimum atomic E-state index is -0.864. The largest absolute Gasteiger partial charge is 0.482 e. The Balaban J connectivity index is 1.65. The van der Waals surface area contributed by atoms with E-state index < -0.39 is 22.8 Å². The van der Waals surface area contributed by atoms with E-state index in [4.69, 9.17) is 16.3 Å². The van der Waals surface area contributed by atoms with Gasteiger partial charge in [0.25, 0.3) is 11.8 Å². The van der Waals surface area contributed by atoms with Gasteiger partial charge in [0.05, 0.1) is 11.1 Å². The van der Waals surface area contributed by atoms with Gasteiger partial charge in [0, 0.05) is 22.2 Å². The number of nitrogens with zero attached hydrogens (tertiary/aromatic N) is 2. The summed E-state index contributed by atoms with van der Waals surface area (Å²) in [4.78, 5) is 36.2. The number of amides is 2. The van der Waals surface area contributed by atoms with Crippen LogP contribution >= 0.6 is 11.6 Å². The highest BCUT2D eigenvalue weighted by atomic mass is 35.5. The number of halogens is 1. The molecule has 3 rings (SSSR count). The molecule has 0 saturated carbocycles. The third kappa shape index (κ3) is 7.38. The fourth-order valence-electron chi connectivity index (χ4n) is 3.24. The lowest BCUT2D eigenvalue weighted by molar-refractivity contribution is -0.385. The second kappa shape index (κ2) is 12.5. The normalized spacial score (nSPS) is 11.8. The van der Waals surface area contributed by atoms with Crippen LogP contribution in [-0.4, -0.2) is 29.0 Å². The average molecular weight is 509 g/mol. The molecule has 3 aromatic rings. The summed E-state index contributed by atoms with van der Waals surface area (Å²) in [6.45, 7) is 3.75. The third-order valence-electron chi connectivity index (χ3n) is 5.13. The average Bonchev–Trinajstić information content (AvgIpc) is 2.86. The van der Waals surface area contributed by atoms with Crippen LogP contribution in [0.25, 0.3) is 0 Å². The van der Waals surface area contributed by atoms with Gasteiger partial charge in [-0.25, -0.2) is 5.43 Å². The van der Waals surface area contributed by atoms with Gasteiger partial charge in [-0.15, -0.1) is 0 Å².